The average molecular weight is 481 g/mol. The predicted octanol–water partition coefficient (Wildman–Crippen LogP) is 3.73. The monoisotopic (exact) mass is 480 g/mol. The van der Waals surface area contributed by atoms with Crippen LogP contribution in [0.2, 0.25) is 5.02 Å². The molecule has 0 aliphatic carbocycles. The van der Waals surface area contributed by atoms with Crippen molar-refractivity contribution in [1.82, 2.24) is 5.32 Å². The summed E-state index contributed by atoms with van der Waals surface area (Å²) in [7, 11) is 4.84. The topological polar surface area (TPSA) is 103 Å². The van der Waals surface area contributed by atoms with E-state index in [0.29, 0.717) is 16.4 Å². The average Bonchev–Trinajstić information content (AvgIpc) is 3.08. The molecule has 0 radical (unpaired) electrons. The van der Waals surface area contributed by atoms with Gasteiger partial charge in [-0.25, -0.2) is 0 Å². The van der Waals surface area contributed by atoms with Gasteiger partial charge in [0.1, 0.15) is 17.5 Å². The molecule has 0 saturated carbocycles. The molecule has 2 aromatic rings. The maximum absolute atomic E-state index is 12.9. The lowest BCUT2D eigenvalue weighted by molar-refractivity contribution is -0.141. The standard InChI is InChI=1S/C25H25ClN4O4/c1-29-20-10-6-7-11-21(20)30(2)25(29)17(15-27)22(31)12-13-23(32)28-19(14-24(33)34-3)16-8-4-5-9-18(16)26/h4-11,19H,12-14H2,1-3H3,(H,28,32). The van der Waals surface area contributed by atoms with Crippen molar-refractivity contribution in [3.63, 3.8) is 0 Å². The van der Waals surface area contributed by atoms with Gasteiger partial charge in [-0.15, -0.1) is 0 Å². The van der Waals surface area contributed by atoms with Crippen LogP contribution in [-0.4, -0.2) is 38.9 Å². The molecular weight excluding hydrogens is 456 g/mol. The molecule has 3 rings (SSSR count). The van der Waals surface area contributed by atoms with E-state index in [2.05, 4.69) is 5.32 Å². The third-order valence-corrected chi connectivity index (χ3v) is 5.99. The molecule has 2 aromatic carbocycles. The lowest BCUT2D eigenvalue weighted by atomic mass is 10.0. The minimum absolute atomic E-state index is 0.0220. The van der Waals surface area contributed by atoms with E-state index in [1.807, 2.05) is 30.3 Å². The number of benzene rings is 2. The summed E-state index contributed by atoms with van der Waals surface area (Å²) < 4.78 is 4.73. The number of methoxy groups -OCH3 is 1. The van der Waals surface area contributed by atoms with Gasteiger partial charge in [-0.2, -0.15) is 5.26 Å². The Morgan fingerprint density at radius 2 is 1.62 bits per heavy atom. The Balaban J connectivity index is 1.72. The summed E-state index contributed by atoms with van der Waals surface area (Å²) in [5.74, 6) is -0.930. The molecule has 0 saturated heterocycles. The molecule has 176 valence electrons. The zero-order valence-electron chi connectivity index (χ0n) is 19.2. The van der Waals surface area contributed by atoms with Crippen molar-refractivity contribution in [2.24, 2.45) is 0 Å². The molecule has 1 aliphatic rings. The number of ether oxygens (including phenoxy) is 1. The first-order valence-electron chi connectivity index (χ1n) is 10.6. The van der Waals surface area contributed by atoms with Crippen molar-refractivity contribution in [2.75, 3.05) is 31.0 Å². The largest absolute Gasteiger partial charge is 0.469 e. The Morgan fingerprint density at radius 1 is 1.03 bits per heavy atom. The Bertz CT molecular complexity index is 1160. The SMILES string of the molecule is COC(=O)CC(NC(=O)CCC(=O)C(C#N)=C1N(C)c2ccccc2N1C)c1ccccc1Cl. The van der Waals surface area contributed by atoms with Crippen LogP contribution in [0.4, 0.5) is 11.4 Å². The molecule has 0 aromatic heterocycles. The summed E-state index contributed by atoms with van der Waals surface area (Å²) in [5, 5.41) is 12.9. The normalized spacial score (nSPS) is 13.1. The summed E-state index contributed by atoms with van der Waals surface area (Å²) in [6.07, 6.45) is -0.426. The number of allylic oxidation sites excluding steroid dienone is 1. The fraction of sp³-hybridized carbons (Fsp3) is 0.280. The van der Waals surface area contributed by atoms with Gasteiger partial charge < -0.3 is 19.9 Å². The number of esters is 1. The van der Waals surface area contributed by atoms with Crippen molar-refractivity contribution < 1.29 is 19.1 Å². The van der Waals surface area contributed by atoms with Gasteiger partial charge in [-0.3, -0.25) is 14.4 Å². The van der Waals surface area contributed by atoms with Crippen molar-refractivity contribution in [3.8, 4) is 6.07 Å². The number of nitriles is 1. The van der Waals surface area contributed by atoms with Crippen LogP contribution >= 0.6 is 11.6 Å². The van der Waals surface area contributed by atoms with Crippen LogP contribution in [-0.2, 0) is 19.1 Å². The molecule has 8 nitrogen and oxygen atoms in total. The van der Waals surface area contributed by atoms with Crippen LogP contribution in [0.5, 0.6) is 0 Å². The highest BCUT2D eigenvalue weighted by Gasteiger charge is 2.31. The van der Waals surface area contributed by atoms with E-state index in [9.17, 15) is 19.6 Å². The number of Topliss-reactive ketones (excluding diaryl/α,β-unsaturated/α-hetero) is 1. The summed E-state index contributed by atoms with van der Waals surface area (Å²) in [6.45, 7) is 0. The van der Waals surface area contributed by atoms with E-state index in [-0.39, 0.29) is 24.8 Å². The highest BCUT2D eigenvalue weighted by molar-refractivity contribution is 6.31. The Hall–Kier alpha value is -3.83. The van der Waals surface area contributed by atoms with E-state index in [1.165, 1.54) is 7.11 Å². The quantitative estimate of drug-likeness (QED) is 0.349. The number of carbonyl (C=O) groups is 3. The summed E-state index contributed by atoms with van der Waals surface area (Å²) in [4.78, 5) is 41.0. The molecule has 1 aliphatic heterocycles. The smallest absolute Gasteiger partial charge is 0.307 e. The summed E-state index contributed by atoms with van der Waals surface area (Å²) >= 11 is 6.25. The molecule has 0 spiro atoms. The maximum atomic E-state index is 12.9. The number of nitrogens with zero attached hydrogens (tertiary/aromatic N) is 3. The van der Waals surface area contributed by atoms with Crippen molar-refractivity contribution in [2.45, 2.75) is 25.3 Å². The highest BCUT2D eigenvalue weighted by atomic mass is 35.5. The van der Waals surface area contributed by atoms with Gasteiger partial charge in [0, 0.05) is 32.0 Å². The minimum Gasteiger partial charge on any atom is -0.469 e. The fourth-order valence-corrected chi connectivity index (χ4v) is 4.19. The second-order valence-corrected chi connectivity index (χ2v) is 8.17. The number of carbonyl (C=O) groups excluding carboxylic acids is 3. The third-order valence-electron chi connectivity index (χ3n) is 5.65. The number of hydrogen-bond donors (Lipinski definition) is 1. The predicted molar refractivity (Wildman–Crippen MR) is 129 cm³/mol. The second-order valence-electron chi connectivity index (χ2n) is 7.76. The molecule has 1 amide bonds. The van der Waals surface area contributed by atoms with Crippen molar-refractivity contribution >= 4 is 40.6 Å². The van der Waals surface area contributed by atoms with E-state index in [0.717, 1.165) is 11.4 Å². The maximum Gasteiger partial charge on any atom is 0.307 e. The Labute approximate surface area is 203 Å². The van der Waals surface area contributed by atoms with Crippen LogP contribution in [0, 0.1) is 11.3 Å². The lowest BCUT2D eigenvalue weighted by Gasteiger charge is -2.20. The molecule has 1 atom stereocenters. The number of halogens is 1. The van der Waals surface area contributed by atoms with Gasteiger partial charge >= 0.3 is 5.97 Å². The number of anilines is 2. The van der Waals surface area contributed by atoms with Crippen LogP contribution in [0.25, 0.3) is 0 Å². The summed E-state index contributed by atoms with van der Waals surface area (Å²) in [5.41, 5.74) is 2.31. The van der Waals surface area contributed by atoms with Gasteiger partial charge in [-0.05, 0) is 23.8 Å². The van der Waals surface area contributed by atoms with Crippen LogP contribution in [0.1, 0.15) is 30.9 Å². The first kappa shape index (κ1) is 24.8. The van der Waals surface area contributed by atoms with Crippen molar-refractivity contribution in [1.29, 1.82) is 5.26 Å². The fourth-order valence-electron chi connectivity index (χ4n) is 3.92. The first-order chi connectivity index (χ1) is 16.3. The minimum atomic E-state index is -0.709. The molecule has 1 heterocycles. The molecule has 1 unspecified atom stereocenters. The van der Waals surface area contributed by atoms with Crippen LogP contribution in [0.15, 0.2) is 59.9 Å². The number of para-hydroxylation sites is 2. The van der Waals surface area contributed by atoms with Gasteiger partial charge in [0.25, 0.3) is 0 Å². The molecule has 34 heavy (non-hydrogen) atoms. The number of rotatable bonds is 8. The number of amides is 1. The summed E-state index contributed by atoms with van der Waals surface area (Å²) in [6, 6.07) is 15.7. The molecule has 0 bridgehead atoms. The first-order valence-corrected chi connectivity index (χ1v) is 11.0. The van der Waals surface area contributed by atoms with Gasteiger partial charge in [-0.1, -0.05) is 41.9 Å². The van der Waals surface area contributed by atoms with Gasteiger partial charge in [0.2, 0.25) is 5.91 Å². The molecule has 1 N–H and O–H groups in total. The zero-order valence-corrected chi connectivity index (χ0v) is 19.9. The number of hydrogen-bond acceptors (Lipinski definition) is 7. The third kappa shape index (κ3) is 5.21. The van der Waals surface area contributed by atoms with Crippen molar-refractivity contribution in [3.05, 3.63) is 70.5 Å². The Kier molecular flexibility index (Phi) is 7.92. The number of fused-ring (bicyclic) bond motifs is 1. The van der Waals surface area contributed by atoms with E-state index in [4.69, 9.17) is 16.3 Å². The molecule has 0 fully saturated rings. The lowest BCUT2D eigenvalue weighted by Crippen LogP contribution is -2.31. The number of nitrogens with one attached hydrogen (secondary N) is 1. The van der Waals surface area contributed by atoms with Gasteiger partial charge in [0.05, 0.1) is 30.9 Å². The van der Waals surface area contributed by atoms with Gasteiger partial charge in [0.15, 0.2) is 5.78 Å². The Morgan fingerprint density at radius 3 is 2.18 bits per heavy atom. The zero-order chi connectivity index (χ0) is 24.8. The van der Waals surface area contributed by atoms with Crippen LogP contribution in [0.3, 0.4) is 0 Å². The second kappa shape index (κ2) is 10.9. The van der Waals surface area contributed by atoms with E-state index >= 15 is 0 Å². The number of ketones is 1. The van der Waals surface area contributed by atoms with E-state index < -0.39 is 23.7 Å². The van der Waals surface area contributed by atoms with Crippen LogP contribution < -0.4 is 15.1 Å². The molecule has 9 heteroatoms. The van der Waals surface area contributed by atoms with E-state index in [1.54, 1.807) is 48.2 Å². The highest BCUT2D eigenvalue weighted by Crippen LogP contribution is 2.40. The molecular formula is C25H25ClN4O4.